The Labute approximate surface area is 633 Å². The summed E-state index contributed by atoms with van der Waals surface area (Å²) in [7, 11) is 0. The standard InChI is InChI=1S/C33H40N8O3.C17H23N3O3.C17H25N3O.C15H21N3O2/c1-5-17-40-30(43)26-22-34-31(37-29(26)41(40)28-8-6-7-27(36-28)32(3,4)44)35-24-9-11-25(12-10-24)39-20-15-33(16-21-39)13-18-38(19-14-33)23(2)42;1-14(21)18-10-6-17(7-11-18)8-12-19(13-9-17)15-2-4-16(5-3-15)20(22)23;1-14(21)19-10-6-17(7-11-19)8-12-20(13-9-17)16-4-2-15(18)3-5-16;19-18(20)14-3-1-13(2-4-14)17-11-7-15(8-12-17)5-9-16-10-6-15/h5-12,22,44H,1,13-21H2,2-4H3,(H,34,35,37);2-5H,6-13H2,1H3;2-5H,6-13,18H2,1H3;1-4,16H,5-12H2. The van der Waals surface area contributed by atoms with E-state index in [4.69, 9.17) is 10.7 Å². The second kappa shape index (κ2) is 33.7. The van der Waals surface area contributed by atoms with Crippen molar-refractivity contribution >= 4 is 80.2 Å². The Kier molecular flexibility index (Phi) is 24.2. The first-order chi connectivity index (χ1) is 51.8. The molecular weight excluding hydrogens is 1370 g/mol. The van der Waals surface area contributed by atoms with E-state index in [2.05, 4.69) is 71.0 Å². The largest absolute Gasteiger partial charge is 0.399 e. The number of nitrogens with zero attached hydrogens (tertiary/aromatic N) is 14. The number of aromatic nitrogens is 5. The molecule has 15 rings (SSSR count). The molecule has 8 aliphatic heterocycles. The first-order valence-corrected chi connectivity index (χ1v) is 38.8. The van der Waals surface area contributed by atoms with Gasteiger partial charge in [0.25, 0.3) is 16.9 Å². The lowest BCUT2D eigenvalue weighted by Gasteiger charge is -2.47. The molecular formula is C82H109N17O9. The minimum atomic E-state index is -1.15. The number of anilines is 7. The fourth-order valence-corrected chi connectivity index (χ4v) is 17.4. The fourth-order valence-electron chi connectivity index (χ4n) is 17.4. The van der Waals surface area contributed by atoms with Crippen molar-refractivity contribution in [1.82, 2.24) is 44.3 Å². The number of hydrogen-bond acceptors (Lipinski definition) is 19. The van der Waals surface area contributed by atoms with Crippen LogP contribution in [0.15, 0.2) is 139 Å². The molecule has 8 fully saturated rings. The fraction of sp³-hybridized carbons (Fsp3) is 0.524. The van der Waals surface area contributed by atoms with Crippen LogP contribution in [-0.2, 0) is 26.5 Å². The van der Waals surface area contributed by atoms with Gasteiger partial charge in [-0.15, -0.1) is 6.58 Å². The Morgan fingerprint density at radius 1 is 0.537 bits per heavy atom. The van der Waals surface area contributed by atoms with Crippen molar-refractivity contribution in [3.05, 3.63) is 170 Å². The number of pyridine rings is 1. The lowest BCUT2D eigenvalue weighted by molar-refractivity contribution is -0.385. The smallest absolute Gasteiger partial charge is 0.278 e. The van der Waals surface area contributed by atoms with Gasteiger partial charge in [-0.3, -0.25) is 39.4 Å². The lowest BCUT2D eigenvalue weighted by atomic mass is 9.71. The van der Waals surface area contributed by atoms with Crippen LogP contribution in [0.1, 0.15) is 143 Å². The third-order valence-corrected chi connectivity index (χ3v) is 24.9. The highest BCUT2D eigenvalue weighted by atomic mass is 16.6. The molecule has 0 saturated carbocycles. The van der Waals surface area contributed by atoms with E-state index in [1.165, 1.54) is 73.6 Å². The maximum Gasteiger partial charge on any atom is 0.278 e. The lowest BCUT2D eigenvalue weighted by Crippen LogP contribution is -2.47. The third-order valence-electron chi connectivity index (χ3n) is 24.9. The SMILES string of the molecule is C=CCn1c(=O)c2cnc(Nc3ccc(N4CCC5(CCN(C(C)=O)CC5)CC4)cc3)nc2n1-c1cccc(C(C)(C)O)n1.CC(=O)N1CCC2(CC1)CCN(c1ccc(N)cc1)CC2.CC(=O)N1CCC2(CC1)CCN(c1ccc([N+](=O)[O-])cc1)CC2.O=[N+]([O-])c1ccc(N2CCC3(CCNCC3)CC2)cc1. The van der Waals surface area contributed by atoms with E-state index in [1.807, 2.05) is 63.2 Å². The van der Waals surface area contributed by atoms with Crippen LogP contribution in [0, 0.1) is 41.9 Å². The van der Waals surface area contributed by atoms with Crippen LogP contribution < -0.4 is 41.5 Å². The van der Waals surface area contributed by atoms with E-state index in [0.29, 0.717) is 50.2 Å². The van der Waals surface area contributed by atoms with Gasteiger partial charge in [-0.25, -0.2) is 19.3 Å². The highest BCUT2D eigenvalue weighted by molar-refractivity contribution is 5.77. The van der Waals surface area contributed by atoms with Crippen molar-refractivity contribution in [2.45, 2.75) is 149 Å². The van der Waals surface area contributed by atoms with E-state index >= 15 is 0 Å². The number of rotatable bonds is 12. The molecule has 3 aromatic heterocycles. The number of aliphatic hydroxyl groups is 1. The number of nitro groups is 2. The van der Waals surface area contributed by atoms with Crippen molar-refractivity contribution in [2.24, 2.45) is 21.7 Å². The van der Waals surface area contributed by atoms with Crippen molar-refractivity contribution in [1.29, 1.82) is 0 Å². The Balaban J connectivity index is 0.000000144. The minimum absolute atomic E-state index is 0.138. The second-order valence-electron chi connectivity index (χ2n) is 31.9. The number of piperidine rings is 8. The van der Waals surface area contributed by atoms with Crippen LogP contribution >= 0.6 is 0 Å². The van der Waals surface area contributed by atoms with Gasteiger partial charge in [-0.05, 0) is 236 Å². The zero-order chi connectivity index (χ0) is 76.4. The minimum Gasteiger partial charge on any atom is -0.399 e. The molecule has 8 saturated heterocycles. The van der Waals surface area contributed by atoms with E-state index in [0.717, 1.165) is 179 Å². The molecule has 0 atom stereocenters. The summed E-state index contributed by atoms with van der Waals surface area (Å²) in [5.41, 5.74) is 13.6. The number of nitrogen functional groups attached to an aromatic ring is 1. The Morgan fingerprint density at radius 2 is 0.889 bits per heavy atom. The van der Waals surface area contributed by atoms with Gasteiger partial charge in [0.1, 0.15) is 11.0 Å². The summed E-state index contributed by atoms with van der Waals surface area (Å²) < 4.78 is 3.16. The van der Waals surface area contributed by atoms with Crippen molar-refractivity contribution in [3.63, 3.8) is 0 Å². The number of allylic oxidation sites excluding steroid dienone is 1. The molecule has 3 amide bonds. The predicted octanol–water partition coefficient (Wildman–Crippen LogP) is 12.2. The average Bonchev–Trinajstić information content (AvgIpc) is 1.59. The summed E-state index contributed by atoms with van der Waals surface area (Å²) in [5.74, 6) is 1.41. The molecule has 4 aromatic carbocycles. The Bertz CT molecular complexity index is 4300. The molecule has 5 N–H and O–H groups in total. The number of nitro benzene ring substituents is 2. The maximum atomic E-state index is 13.3. The number of nitrogens with two attached hydrogens (primary N) is 1. The van der Waals surface area contributed by atoms with Gasteiger partial charge in [0.2, 0.25) is 23.7 Å². The van der Waals surface area contributed by atoms with Crippen molar-refractivity contribution in [2.75, 3.05) is 135 Å². The number of likely N-dealkylation sites (tertiary alicyclic amines) is 3. The van der Waals surface area contributed by atoms with Crippen molar-refractivity contribution < 1.29 is 29.3 Å². The van der Waals surface area contributed by atoms with Gasteiger partial charge in [0, 0.05) is 177 Å². The van der Waals surface area contributed by atoms with Crippen molar-refractivity contribution in [3.8, 4) is 5.82 Å². The summed E-state index contributed by atoms with van der Waals surface area (Å²) in [6.45, 7) is 28.4. The molecule has 26 heteroatoms. The number of carbonyl (C=O) groups excluding carboxylic acids is 3. The molecule has 576 valence electrons. The predicted molar refractivity (Wildman–Crippen MR) is 425 cm³/mol. The van der Waals surface area contributed by atoms with Gasteiger partial charge in [-0.1, -0.05) is 12.1 Å². The first kappa shape index (κ1) is 77.7. The van der Waals surface area contributed by atoms with Gasteiger partial charge in [-0.2, -0.15) is 4.98 Å². The van der Waals surface area contributed by atoms with Crippen LogP contribution in [0.4, 0.5) is 51.4 Å². The zero-order valence-electron chi connectivity index (χ0n) is 63.7. The molecule has 7 aromatic rings. The molecule has 0 radical (unpaired) electrons. The Morgan fingerprint density at radius 3 is 1.24 bits per heavy atom. The van der Waals surface area contributed by atoms with Crippen LogP contribution in [-0.4, -0.2) is 176 Å². The molecule has 26 nitrogen and oxygen atoms in total. The quantitative estimate of drug-likeness (QED) is 0.0382. The summed E-state index contributed by atoms with van der Waals surface area (Å²) in [6, 6.07) is 35.5. The molecule has 0 aliphatic carbocycles. The van der Waals surface area contributed by atoms with E-state index in [1.54, 1.807) is 87.8 Å². The number of carbonyl (C=O) groups is 3. The normalized spacial score (nSPS) is 19.5. The third kappa shape index (κ3) is 18.6. The van der Waals surface area contributed by atoms with E-state index in [-0.39, 0.29) is 51.0 Å². The summed E-state index contributed by atoms with van der Waals surface area (Å²) in [4.78, 5) is 97.9. The summed E-state index contributed by atoms with van der Waals surface area (Å²) >= 11 is 0. The molecule has 108 heavy (non-hydrogen) atoms. The second-order valence-corrected chi connectivity index (χ2v) is 31.9. The highest BCUT2D eigenvalue weighted by Crippen LogP contribution is 2.46. The maximum absolute atomic E-state index is 13.3. The van der Waals surface area contributed by atoms with Gasteiger partial charge in [0.05, 0.1) is 22.1 Å². The number of amides is 3. The highest BCUT2D eigenvalue weighted by Gasteiger charge is 2.42. The summed E-state index contributed by atoms with van der Waals surface area (Å²) in [5, 5.41) is 39.0. The van der Waals surface area contributed by atoms with Crippen LogP contribution in [0.25, 0.3) is 16.9 Å². The van der Waals surface area contributed by atoms with Crippen LogP contribution in [0.5, 0.6) is 0 Å². The molecule has 0 bridgehead atoms. The number of non-ortho nitro benzene ring substituents is 2. The van der Waals surface area contributed by atoms with Crippen LogP contribution in [0.2, 0.25) is 0 Å². The van der Waals surface area contributed by atoms with Gasteiger partial charge >= 0.3 is 0 Å². The molecule has 4 spiro atoms. The Hall–Kier alpha value is -9.95. The summed E-state index contributed by atoms with van der Waals surface area (Å²) in [6.07, 6.45) is 22.0. The van der Waals surface area contributed by atoms with E-state index < -0.39 is 5.60 Å². The van der Waals surface area contributed by atoms with Gasteiger partial charge < -0.3 is 55.8 Å². The number of nitrogens with one attached hydrogen (secondary N) is 2. The zero-order valence-corrected chi connectivity index (χ0v) is 63.7. The number of hydrogen-bond donors (Lipinski definition) is 4. The average molecular weight is 1480 g/mol. The topological polar surface area (TPSA) is 296 Å². The molecule has 11 heterocycles. The van der Waals surface area contributed by atoms with Crippen LogP contribution in [0.3, 0.4) is 0 Å². The molecule has 0 unspecified atom stereocenters. The first-order valence-electron chi connectivity index (χ1n) is 38.8. The van der Waals surface area contributed by atoms with E-state index in [9.17, 15) is 44.5 Å². The van der Waals surface area contributed by atoms with Gasteiger partial charge in [0.15, 0.2) is 11.5 Å². The number of fused-ring (bicyclic) bond motifs is 1. The number of benzene rings is 4. The molecule has 8 aliphatic rings. The monoisotopic (exact) mass is 1480 g/mol.